The van der Waals surface area contributed by atoms with E-state index in [0.29, 0.717) is 18.0 Å². The zero-order valence-corrected chi connectivity index (χ0v) is 12.7. The van der Waals surface area contributed by atoms with Crippen LogP contribution in [0.5, 0.6) is 0 Å². The number of hydrogen-bond acceptors (Lipinski definition) is 2. The van der Waals surface area contributed by atoms with Crippen molar-refractivity contribution < 1.29 is 4.79 Å². The highest BCUT2D eigenvalue weighted by Gasteiger charge is 2.26. The Bertz CT molecular complexity index is 361. The Morgan fingerprint density at radius 1 is 1.42 bits per heavy atom. The fourth-order valence-corrected chi connectivity index (χ4v) is 2.64. The van der Waals surface area contributed by atoms with Crippen LogP contribution in [0, 0.1) is 0 Å². The van der Waals surface area contributed by atoms with Crippen LogP contribution in [0.3, 0.4) is 0 Å². The van der Waals surface area contributed by atoms with Gasteiger partial charge in [-0.3, -0.25) is 4.79 Å². The SMILES string of the molecule is CC.CCC(CC(C)N1CCCC1=O)n1ccnc1. The van der Waals surface area contributed by atoms with Crippen molar-refractivity contribution in [3.8, 4) is 0 Å². The largest absolute Gasteiger partial charge is 0.340 e. The quantitative estimate of drug-likeness (QED) is 0.819. The van der Waals surface area contributed by atoms with Gasteiger partial charge in [0, 0.05) is 37.4 Å². The molecule has 0 saturated carbocycles. The van der Waals surface area contributed by atoms with Crippen molar-refractivity contribution in [1.82, 2.24) is 14.5 Å². The third-order valence-electron chi connectivity index (χ3n) is 3.67. The van der Waals surface area contributed by atoms with Crippen molar-refractivity contribution in [2.24, 2.45) is 0 Å². The summed E-state index contributed by atoms with van der Waals surface area (Å²) in [4.78, 5) is 17.8. The van der Waals surface area contributed by atoms with Crippen LogP contribution >= 0.6 is 0 Å². The van der Waals surface area contributed by atoms with Gasteiger partial charge < -0.3 is 9.47 Å². The lowest BCUT2D eigenvalue weighted by atomic mass is 10.0. The van der Waals surface area contributed by atoms with E-state index in [1.165, 1.54) is 0 Å². The minimum atomic E-state index is 0.318. The van der Waals surface area contributed by atoms with Gasteiger partial charge in [-0.25, -0.2) is 4.98 Å². The molecular formula is C15H27N3O. The molecule has 2 atom stereocenters. The molecule has 2 heterocycles. The van der Waals surface area contributed by atoms with E-state index in [0.717, 1.165) is 32.2 Å². The molecule has 4 heteroatoms. The van der Waals surface area contributed by atoms with Crippen molar-refractivity contribution in [1.29, 1.82) is 0 Å². The molecule has 19 heavy (non-hydrogen) atoms. The topological polar surface area (TPSA) is 38.1 Å². The Morgan fingerprint density at radius 3 is 2.63 bits per heavy atom. The van der Waals surface area contributed by atoms with Crippen LogP contribution < -0.4 is 0 Å². The summed E-state index contributed by atoms with van der Waals surface area (Å²) in [7, 11) is 0. The van der Waals surface area contributed by atoms with Gasteiger partial charge in [-0.2, -0.15) is 0 Å². The fraction of sp³-hybridized carbons (Fsp3) is 0.733. The van der Waals surface area contributed by atoms with Crippen molar-refractivity contribution in [3.63, 3.8) is 0 Å². The number of rotatable bonds is 5. The molecule has 1 aromatic heterocycles. The van der Waals surface area contributed by atoms with E-state index >= 15 is 0 Å². The van der Waals surface area contributed by atoms with Gasteiger partial charge in [0.2, 0.25) is 5.91 Å². The van der Waals surface area contributed by atoms with Crippen LogP contribution in [0.4, 0.5) is 0 Å². The minimum Gasteiger partial charge on any atom is -0.340 e. The van der Waals surface area contributed by atoms with Crippen molar-refractivity contribution in [2.45, 2.75) is 65.5 Å². The maximum atomic E-state index is 11.7. The van der Waals surface area contributed by atoms with Crippen molar-refractivity contribution in [2.75, 3.05) is 6.54 Å². The first-order valence-corrected chi connectivity index (χ1v) is 7.49. The molecule has 2 unspecified atom stereocenters. The molecule has 1 amide bonds. The molecule has 1 aromatic rings. The van der Waals surface area contributed by atoms with Gasteiger partial charge in [0.05, 0.1) is 6.33 Å². The second-order valence-corrected chi connectivity index (χ2v) is 4.85. The highest BCUT2D eigenvalue weighted by atomic mass is 16.2. The maximum Gasteiger partial charge on any atom is 0.222 e. The van der Waals surface area contributed by atoms with E-state index in [1.807, 2.05) is 37.5 Å². The summed E-state index contributed by atoms with van der Waals surface area (Å²) >= 11 is 0. The number of carbonyl (C=O) groups excluding carboxylic acids is 1. The number of imidazole rings is 1. The van der Waals surface area contributed by atoms with Crippen LogP contribution in [0.25, 0.3) is 0 Å². The summed E-state index contributed by atoms with van der Waals surface area (Å²) in [6.45, 7) is 9.27. The summed E-state index contributed by atoms with van der Waals surface area (Å²) in [6.07, 6.45) is 9.52. The number of nitrogens with zero attached hydrogens (tertiary/aromatic N) is 3. The lowest BCUT2D eigenvalue weighted by Crippen LogP contribution is -2.35. The summed E-state index contributed by atoms with van der Waals surface area (Å²) in [5.74, 6) is 0.318. The second kappa shape index (κ2) is 7.97. The van der Waals surface area contributed by atoms with Gasteiger partial charge in [0.1, 0.15) is 0 Å². The molecule has 1 aliphatic rings. The van der Waals surface area contributed by atoms with Crippen LogP contribution in [-0.4, -0.2) is 32.9 Å². The average molecular weight is 265 g/mol. The average Bonchev–Trinajstić information content (AvgIpc) is 3.09. The van der Waals surface area contributed by atoms with E-state index in [1.54, 1.807) is 0 Å². The highest BCUT2D eigenvalue weighted by molar-refractivity contribution is 5.78. The van der Waals surface area contributed by atoms with E-state index < -0.39 is 0 Å². The highest BCUT2D eigenvalue weighted by Crippen LogP contribution is 2.23. The Labute approximate surface area is 116 Å². The van der Waals surface area contributed by atoms with Crippen LogP contribution in [0.15, 0.2) is 18.7 Å². The predicted molar refractivity (Wildman–Crippen MR) is 77.9 cm³/mol. The lowest BCUT2D eigenvalue weighted by Gasteiger charge is -2.28. The van der Waals surface area contributed by atoms with Crippen LogP contribution in [0.1, 0.15) is 59.4 Å². The Morgan fingerprint density at radius 2 is 2.16 bits per heavy atom. The third-order valence-corrected chi connectivity index (χ3v) is 3.67. The molecular weight excluding hydrogens is 238 g/mol. The van der Waals surface area contributed by atoms with Gasteiger partial charge in [-0.05, 0) is 26.2 Å². The molecule has 0 aliphatic carbocycles. The summed E-state index contributed by atoms with van der Waals surface area (Å²) in [5, 5.41) is 0. The Kier molecular flexibility index (Phi) is 6.60. The summed E-state index contributed by atoms with van der Waals surface area (Å²) in [5.41, 5.74) is 0. The Balaban J connectivity index is 0.000000861. The Hall–Kier alpha value is -1.32. The van der Waals surface area contributed by atoms with Gasteiger partial charge >= 0.3 is 0 Å². The van der Waals surface area contributed by atoms with Crippen molar-refractivity contribution in [3.05, 3.63) is 18.7 Å². The standard InChI is InChI=1S/C13H21N3O.C2H6/c1-3-12(15-8-6-14-10-15)9-11(2)16-7-4-5-13(16)17;1-2/h6,8,10-12H,3-5,7,9H2,1-2H3;1-2H3. The summed E-state index contributed by atoms with van der Waals surface area (Å²) in [6, 6.07) is 0.776. The number of aromatic nitrogens is 2. The number of amides is 1. The number of carbonyl (C=O) groups is 1. The van der Waals surface area contributed by atoms with Gasteiger partial charge in [-0.1, -0.05) is 20.8 Å². The maximum absolute atomic E-state index is 11.7. The predicted octanol–water partition coefficient (Wildman–Crippen LogP) is 3.26. The molecule has 2 rings (SSSR count). The molecule has 1 aliphatic heterocycles. The molecule has 0 bridgehead atoms. The van der Waals surface area contributed by atoms with Gasteiger partial charge in [0.25, 0.3) is 0 Å². The molecule has 0 N–H and O–H groups in total. The normalized spacial score (nSPS) is 17.9. The molecule has 0 radical (unpaired) electrons. The summed E-state index contributed by atoms with van der Waals surface area (Å²) < 4.78 is 2.15. The van der Waals surface area contributed by atoms with Crippen LogP contribution in [-0.2, 0) is 4.79 Å². The van der Waals surface area contributed by atoms with Crippen molar-refractivity contribution >= 4 is 5.91 Å². The third kappa shape index (κ3) is 4.08. The number of hydrogen-bond donors (Lipinski definition) is 0. The molecule has 0 aromatic carbocycles. The molecule has 1 saturated heterocycles. The first-order valence-electron chi connectivity index (χ1n) is 7.49. The molecule has 4 nitrogen and oxygen atoms in total. The van der Waals surface area contributed by atoms with E-state index in [2.05, 4.69) is 23.4 Å². The number of likely N-dealkylation sites (tertiary alicyclic amines) is 1. The monoisotopic (exact) mass is 265 g/mol. The molecule has 108 valence electrons. The molecule has 0 spiro atoms. The van der Waals surface area contributed by atoms with E-state index in [9.17, 15) is 4.79 Å². The van der Waals surface area contributed by atoms with Gasteiger partial charge in [0.15, 0.2) is 0 Å². The second-order valence-electron chi connectivity index (χ2n) is 4.85. The van der Waals surface area contributed by atoms with Gasteiger partial charge in [-0.15, -0.1) is 0 Å². The first-order chi connectivity index (χ1) is 9.22. The smallest absolute Gasteiger partial charge is 0.222 e. The lowest BCUT2D eigenvalue weighted by molar-refractivity contribution is -0.129. The first kappa shape index (κ1) is 15.7. The minimum absolute atomic E-state index is 0.318. The zero-order valence-electron chi connectivity index (χ0n) is 12.7. The van der Waals surface area contributed by atoms with E-state index in [4.69, 9.17) is 0 Å². The van der Waals surface area contributed by atoms with Crippen LogP contribution in [0.2, 0.25) is 0 Å². The fourth-order valence-electron chi connectivity index (χ4n) is 2.64. The molecule has 1 fully saturated rings. The zero-order chi connectivity index (χ0) is 14.3. The van der Waals surface area contributed by atoms with E-state index in [-0.39, 0.29) is 0 Å².